The highest BCUT2D eigenvalue weighted by Gasteiger charge is 2.23. The zero-order valence-electron chi connectivity index (χ0n) is 10.1. The number of hydrogen-bond acceptors (Lipinski definition) is 3. The average molecular weight is 213 g/mol. The van der Waals surface area contributed by atoms with Gasteiger partial charge in [-0.25, -0.2) is 0 Å². The second-order valence-electron chi connectivity index (χ2n) is 4.31. The lowest BCUT2D eigenvalue weighted by molar-refractivity contribution is -0.126. The molecule has 0 aromatic heterocycles. The van der Waals surface area contributed by atoms with Crippen LogP contribution in [0.25, 0.3) is 0 Å². The molecule has 0 aromatic carbocycles. The molecule has 1 rings (SSSR count). The maximum absolute atomic E-state index is 11.7. The van der Waals surface area contributed by atoms with Gasteiger partial charge < -0.3 is 10.2 Å². The van der Waals surface area contributed by atoms with Crippen molar-refractivity contribution < 1.29 is 4.79 Å². The highest BCUT2D eigenvalue weighted by molar-refractivity contribution is 5.81. The van der Waals surface area contributed by atoms with E-state index in [4.69, 9.17) is 0 Å². The molecule has 0 radical (unpaired) electrons. The molecule has 15 heavy (non-hydrogen) atoms. The minimum absolute atomic E-state index is 0.0187. The summed E-state index contributed by atoms with van der Waals surface area (Å²) in [5, 5.41) is 2.95. The fourth-order valence-electron chi connectivity index (χ4n) is 1.77. The molecule has 1 heterocycles. The van der Waals surface area contributed by atoms with Crippen molar-refractivity contribution in [1.29, 1.82) is 0 Å². The number of hydrogen-bond donors (Lipinski definition) is 1. The van der Waals surface area contributed by atoms with E-state index in [1.165, 1.54) is 0 Å². The fraction of sp³-hybridized carbons (Fsp3) is 0.909. The monoisotopic (exact) mass is 213 g/mol. The quantitative estimate of drug-likeness (QED) is 0.722. The molecule has 1 atom stereocenters. The van der Waals surface area contributed by atoms with E-state index in [0.29, 0.717) is 0 Å². The molecule has 0 aromatic rings. The Labute approximate surface area is 92.6 Å². The van der Waals surface area contributed by atoms with Crippen molar-refractivity contribution in [1.82, 2.24) is 15.1 Å². The maximum atomic E-state index is 11.7. The number of likely N-dealkylation sites (N-methyl/N-ethyl adjacent to an activating group) is 1. The number of carbonyl (C=O) groups is 1. The van der Waals surface area contributed by atoms with Crippen LogP contribution in [-0.2, 0) is 4.79 Å². The standard InChI is InChI=1S/C11H23N3O/c1-4-5-12-11(15)10(2)14-8-6-13(3)7-9-14/h10H,4-9H2,1-3H3,(H,12,15)/t10-/m1/s1. The second-order valence-corrected chi connectivity index (χ2v) is 4.31. The van der Waals surface area contributed by atoms with E-state index < -0.39 is 0 Å². The first-order chi connectivity index (χ1) is 7.15. The highest BCUT2D eigenvalue weighted by Crippen LogP contribution is 2.04. The van der Waals surface area contributed by atoms with Crippen molar-refractivity contribution in [2.45, 2.75) is 26.3 Å². The van der Waals surface area contributed by atoms with Crippen molar-refractivity contribution >= 4 is 5.91 Å². The van der Waals surface area contributed by atoms with Crippen LogP contribution in [0.5, 0.6) is 0 Å². The van der Waals surface area contributed by atoms with Crippen LogP contribution in [0.15, 0.2) is 0 Å². The lowest BCUT2D eigenvalue weighted by Gasteiger charge is -2.35. The minimum atomic E-state index is 0.0187. The maximum Gasteiger partial charge on any atom is 0.237 e. The lowest BCUT2D eigenvalue weighted by Crippen LogP contribution is -2.53. The van der Waals surface area contributed by atoms with Gasteiger partial charge in [-0.05, 0) is 20.4 Å². The highest BCUT2D eigenvalue weighted by atomic mass is 16.2. The Balaban J connectivity index is 2.32. The molecule has 0 bridgehead atoms. The molecule has 0 spiro atoms. The minimum Gasteiger partial charge on any atom is -0.355 e. The Bertz CT molecular complexity index is 200. The van der Waals surface area contributed by atoms with Crippen molar-refractivity contribution in [2.75, 3.05) is 39.8 Å². The van der Waals surface area contributed by atoms with Crippen LogP contribution in [0.2, 0.25) is 0 Å². The van der Waals surface area contributed by atoms with Crippen LogP contribution in [-0.4, -0.2) is 61.5 Å². The van der Waals surface area contributed by atoms with Gasteiger partial charge in [-0.2, -0.15) is 0 Å². The molecule has 1 aliphatic rings. The van der Waals surface area contributed by atoms with E-state index in [9.17, 15) is 4.79 Å². The zero-order valence-corrected chi connectivity index (χ0v) is 10.1. The molecule has 4 nitrogen and oxygen atoms in total. The topological polar surface area (TPSA) is 35.6 Å². The molecule has 1 saturated heterocycles. The molecular formula is C11H23N3O. The Morgan fingerprint density at radius 2 is 1.93 bits per heavy atom. The van der Waals surface area contributed by atoms with Crippen molar-refractivity contribution in [3.63, 3.8) is 0 Å². The fourth-order valence-corrected chi connectivity index (χ4v) is 1.77. The van der Waals surface area contributed by atoms with Crippen LogP contribution >= 0.6 is 0 Å². The molecule has 0 saturated carbocycles. The van der Waals surface area contributed by atoms with Gasteiger partial charge in [0.05, 0.1) is 6.04 Å². The predicted octanol–water partition coefficient (Wildman–Crippen LogP) is 0.149. The van der Waals surface area contributed by atoms with E-state index in [0.717, 1.165) is 39.1 Å². The van der Waals surface area contributed by atoms with Crippen molar-refractivity contribution in [2.24, 2.45) is 0 Å². The summed E-state index contributed by atoms with van der Waals surface area (Å²) < 4.78 is 0. The predicted molar refractivity (Wildman–Crippen MR) is 61.8 cm³/mol. The molecular weight excluding hydrogens is 190 g/mol. The Morgan fingerprint density at radius 1 is 1.33 bits per heavy atom. The number of rotatable bonds is 4. The second kappa shape index (κ2) is 6.08. The van der Waals surface area contributed by atoms with Gasteiger partial charge in [0, 0.05) is 32.7 Å². The number of nitrogens with zero attached hydrogens (tertiary/aromatic N) is 2. The van der Waals surface area contributed by atoms with E-state index >= 15 is 0 Å². The molecule has 1 amide bonds. The van der Waals surface area contributed by atoms with Gasteiger partial charge in [-0.3, -0.25) is 9.69 Å². The van der Waals surface area contributed by atoms with Crippen molar-refractivity contribution in [3.8, 4) is 0 Å². The first kappa shape index (κ1) is 12.5. The molecule has 1 fully saturated rings. The Morgan fingerprint density at radius 3 is 2.47 bits per heavy atom. The third-order valence-corrected chi connectivity index (χ3v) is 3.01. The van der Waals surface area contributed by atoms with Crippen molar-refractivity contribution in [3.05, 3.63) is 0 Å². The summed E-state index contributed by atoms with van der Waals surface area (Å²) in [5.41, 5.74) is 0. The van der Waals surface area contributed by atoms with Crippen LogP contribution in [0.1, 0.15) is 20.3 Å². The largest absolute Gasteiger partial charge is 0.355 e. The van der Waals surface area contributed by atoms with Gasteiger partial charge in [-0.1, -0.05) is 6.92 Å². The van der Waals surface area contributed by atoms with E-state index in [1.807, 2.05) is 6.92 Å². The first-order valence-corrected chi connectivity index (χ1v) is 5.85. The Hall–Kier alpha value is -0.610. The molecule has 1 N–H and O–H groups in total. The third kappa shape index (κ3) is 3.80. The molecule has 4 heteroatoms. The Kier molecular flexibility index (Phi) is 5.05. The molecule has 1 aliphatic heterocycles. The van der Waals surface area contributed by atoms with E-state index in [-0.39, 0.29) is 11.9 Å². The third-order valence-electron chi connectivity index (χ3n) is 3.01. The van der Waals surface area contributed by atoms with Gasteiger partial charge in [0.2, 0.25) is 5.91 Å². The van der Waals surface area contributed by atoms with Gasteiger partial charge >= 0.3 is 0 Å². The normalized spacial score (nSPS) is 21.3. The zero-order chi connectivity index (χ0) is 11.3. The smallest absolute Gasteiger partial charge is 0.237 e. The van der Waals surface area contributed by atoms with Gasteiger partial charge in [0.25, 0.3) is 0 Å². The number of nitrogens with one attached hydrogen (secondary N) is 1. The number of amides is 1. The van der Waals surface area contributed by atoms with Gasteiger partial charge in [0.1, 0.15) is 0 Å². The summed E-state index contributed by atoms with van der Waals surface area (Å²) in [7, 11) is 2.12. The van der Waals surface area contributed by atoms with E-state index in [2.05, 4.69) is 29.1 Å². The van der Waals surface area contributed by atoms with Gasteiger partial charge in [-0.15, -0.1) is 0 Å². The number of piperazine rings is 1. The summed E-state index contributed by atoms with van der Waals surface area (Å²) in [6, 6.07) is 0.0187. The lowest BCUT2D eigenvalue weighted by atomic mass is 10.2. The van der Waals surface area contributed by atoms with Crippen LogP contribution in [0.3, 0.4) is 0 Å². The average Bonchev–Trinajstić information content (AvgIpc) is 2.26. The van der Waals surface area contributed by atoms with Crippen LogP contribution in [0, 0.1) is 0 Å². The van der Waals surface area contributed by atoms with Crippen LogP contribution in [0.4, 0.5) is 0 Å². The SMILES string of the molecule is CCCNC(=O)[C@@H](C)N1CCN(C)CC1. The summed E-state index contributed by atoms with van der Waals surface area (Å²) in [6.45, 7) is 8.97. The molecule has 0 aliphatic carbocycles. The summed E-state index contributed by atoms with van der Waals surface area (Å²) in [5.74, 6) is 0.168. The summed E-state index contributed by atoms with van der Waals surface area (Å²) in [6.07, 6.45) is 1.00. The van der Waals surface area contributed by atoms with Crippen LogP contribution < -0.4 is 5.32 Å². The first-order valence-electron chi connectivity index (χ1n) is 5.85. The number of carbonyl (C=O) groups excluding carboxylic acids is 1. The van der Waals surface area contributed by atoms with E-state index in [1.54, 1.807) is 0 Å². The van der Waals surface area contributed by atoms with Gasteiger partial charge in [0.15, 0.2) is 0 Å². The molecule has 88 valence electrons. The summed E-state index contributed by atoms with van der Waals surface area (Å²) >= 11 is 0. The summed E-state index contributed by atoms with van der Waals surface area (Å²) in [4.78, 5) is 16.3. The molecule has 0 unspecified atom stereocenters.